The number of nitrogens with zero attached hydrogens (tertiary/aromatic N) is 1. The van der Waals surface area contributed by atoms with E-state index < -0.39 is 5.82 Å². The summed E-state index contributed by atoms with van der Waals surface area (Å²) < 4.78 is 19.0. The van der Waals surface area contributed by atoms with Crippen LogP contribution in [0.3, 0.4) is 0 Å². The number of benzene rings is 1. The topological polar surface area (TPSA) is 55.6 Å². The van der Waals surface area contributed by atoms with Crippen LogP contribution in [-0.2, 0) is 11.3 Å². The van der Waals surface area contributed by atoms with Crippen LogP contribution in [-0.4, -0.2) is 30.5 Å². The van der Waals surface area contributed by atoms with Crippen LogP contribution in [0.15, 0.2) is 18.2 Å². The van der Waals surface area contributed by atoms with E-state index in [4.69, 9.17) is 10.5 Å². The fraction of sp³-hybridized carbons (Fsp3) is 0.533. The number of likely N-dealkylation sites (tertiary alicyclic amines) is 1. The van der Waals surface area contributed by atoms with Crippen molar-refractivity contribution in [3.63, 3.8) is 0 Å². The van der Waals surface area contributed by atoms with E-state index in [0.29, 0.717) is 11.3 Å². The van der Waals surface area contributed by atoms with Gasteiger partial charge in [-0.05, 0) is 25.0 Å². The van der Waals surface area contributed by atoms with E-state index in [1.807, 2.05) is 4.90 Å². The lowest BCUT2D eigenvalue weighted by Gasteiger charge is -2.20. The van der Waals surface area contributed by atoms with E-state index >= 15 is 0 Å². The van der Waals surface area contributed by atoms with Crippen molar-refractivity contribution in [1.82, 2.24) is 4.90 Å². The standard InChI is InChI=1S/C15H21FN2O2/c16-13-6-5-7-14(12(13)10-17)20-11-15(19)18-8-3-1-2-4-9-18/h5-7H,1-4,8-11,17H2. The molecular formula is C15H21FN2O2. The summed E-state index contributed by atoms with van der Waals surface area (Å²) in [6.45, 7) is 1.57. The molecule has 0 saturated carbocycles. The summed E-state index contributed by atoms with van der Waals surface area (Å²) in [5.41, 5.74) is 5.82. The van der Waals surface area contributed by atoms with Gasteiger partial charge in [-0.15, -0.1) is 0 Å². The molecule has 4 nitrogen and oxygen atoms in total. The van der Waals surface area contributed by atoms with Gasteiger partial charge in [0.05, 0.1) is 0 Å². The maximum atomic E-state index is 13.5. The van der Waals surface area contributed by atoms with Crippen LogP contribution in [0.25, 0.3) is 0 Å². The lowest BCUT2D eigenvalue weighted by Crippen LogP contribution is -2.35. The maximum Gasteiger partial charge on any atom is 0.260 e. The SMILES string of the molecule is NCc1c(F)cccc1OCC(=O)N1CCCCCC1. The molecule has 110 valence electrons. The molecule has 0 unspecified atom stereocenters. The highest BCUT2D eigenvalue weighted by Gasteiger charge is 2.17. The Balaban J connectivity index is 1.94. The van der Waals surface area contributed by atoms with Gasteiger partial charge in [-0.1, -0.05) is 18.9 Å². The molecule has 0 aromatic heterocycles. The normalized spacial score (nSPS) is 15.8. The molecule has 1 fully saturated rings. The number of hydrogen-bond acceptors (Lipinski definition) is 3. The Labute approximate surface area is 118 Å². The highest BCUT2D eigenvalue weighted by Crippen LogP contribution is 2.21. The molecular weight excluding hydrogens is 259 g/mol. The molecule has 1 aromatic rings. The van der Waals surface area contributed by atoms with Crippen LogP contribution in [0.4, 0.5) is 4.39 Å². The largest absolute Gasteiger partial charge is 0.483 e. The van der Waals surface area contributed by atoms with Crippen molar-refractivity contribution in [2.45, 2.75) is 32.2 Å². The average Bonchev–Trinajstić information content (AvgIpc) is 2.74. The molecule has 1 aliphatic heterocycles. The first-order valence-electron chi connectivity index (χ1n) is 7.10. The van der Waals surface area contributed by atoms with Gasteiger partial charge in [-0.3, -0.25) is 4.79 Å². The molecule has 0 spiro atoms. The Morgan fingerprint density at radius 1 is 1.25 bits per heavy atom. The van der Waals surface area contributed by atoms with Crippen molar-refractivity contribution < 1.29 is 13.9 Å². The second-order valence-corrected chi connectivity index (χ2v) is 5.00. The van der Waals surface area contributed by atoms with Gasteiger partial charge in [-0.2, -0.15) is 0 Å². The van der Waals surface area contributed by atoms with Gasteiger partial charge in [-0.25, -0.2) is 4.39 Å². The minimum Gasteiger partial charge on any atom is -0.483 e. The number of halogens is 1. The second kappa shape index (κ2) is 7.24. The third-order valence-corrected chi connectivity index (χ3v) is 3.59. The molecule has 0 atom stereocenters. The first kappa shape index (κ1) is 14.8. The molecule has 2 N–H and O–H groups in total. The zero-order chi connectivity index (χ0) is 14.4. The quantitative estimate of drug-likeness (QED) is 0.918. The second-order valence-electron chi connectivity index (χ2n) is 5.00. The summed E-state index contributed by atoms with van der Waals surface area (Å²) in [6, 6.07) is 4.53. The number of hydrogen-bond donors (Lipinski definition) is 1. The molecule has 5 heteroatoms. The van der Waals surface area contributed by atoms with Crippen LogP contribution >= 0.6 is 0 Å². The summed E-state index contributed by atoms with van der Waals surface area (Å²) in [4.78, 5) is 13.9. The minimum atomic E-state index is -0.396. The molecule has 1 aliphatic rings. The molecule has 0 aliphatic carbocycles. The van der Waals surface area contributed by atoms with Crippen molar-refractivity contribution in [1.29, 1.82) is 0 Å². The van der Waals surface area contributed by atoms with Crippen LogP contribution in [0.1, 0.15) is 31.2 Å². The number of rotatable bonds is 4. The van der Waals surface area contributed by atoms with Crippen molar-refractivity contribution in [2.75, 3.05) is 19.7 Å². The van der Waals surface area contributed by atoms with E-state index in [-0.39, 0.29) is 19.1 Å². The predicted molar refractivity (Wildman–Crippen MR) is 74.8 cm³/mol. The highest BCUT2D eigenvalue weighted by molar-refractivity contribution is 5.77. The Morgan fingerprint density at radius 3 is 2.60 bits per heavy atom. The summed E-state index contributed by atoms with van der Waals surface area (Å²) in [6.07, 6.45) is 4.43. The van der Waals surface area contributed by atoms with Gasteiger partial charge in [0.2, 0.25) is 0 Å². The van der Waals surface area contributed by atoms with Crippen molar-refractivity contribution in [3.05, 3.63) is 29.6 Å². The van der Waals surface area contributed by atoms with Gasteiger partial charge in [0.15, 0.2) is 6.61 Å². The van der Waals surface area contributed by atoms with Crippen LogP contribution in [0.5, 0.6) is 5.75 Å². The lowest BCUT2D eigenvalue weighted by molar-refractivity contribution is -0.133. The predicted octanol–water partition coefficient (Wildman–Crippen LogP) is 2.07. The van der Waals surface area contributed by atoms with E-state index in [0.717, 1.165) is 25.9 Å². The summed E-state index contributed by atoms with van der Waals surface area (Å²) >= 11 is 0. The fourth-order valence-corrected chi connectivity index (χ4v) is 2.42. The molecule has 20 heavy (non-hydrogen) atoms. The van der Waals surface area contributed by atoms with Crippen LogP contribution in [0.2, 0.25) is 0 Å². The summed E-state index contributed by atoms with van der Waals surface area (Å²) in [7, 11) is 0. The smallest absolute Gasteiger partial charge is 0.260 e. The van der Waals surface area contributed by atoms with E-state index in [9.17, 15) is 9.18 Å². The third kappa shape index (κ3) is 3.70. The molecule has 1 aromatic carbocycles. The van der Waals surface area contributed by atoms with Gasteiger partial charge < -0.3 is 15.4 Å². The number of carbonyl (C=O) groups excluding carboxylic acids is 1. The third-order valence-electron chi connectivity index (χ3n) is 3.59. The first-order valence-corrected chi connectivity index (χ1v) is 7.10. The number of ether oxygens (including phenoxy) is 1. The van der Waals surface area contributed by atoms with Crippen molar-refractivity contribution in [3.8, 4) is 5.75 Å². The Kier molecular flexibility index (Phi) is 5.35. The monoisotopic (exact) mass is 280 g/mol. The van der Waals surface area contributed by atoms with E-state index in [2.05, 4.69) is 0 Å². The average molecular weight is 280 g/mol. The molecule has 1 heterocycles. The van der Waals surface area contributed by atoms with E-state index in [1.165, 1.54) is 18.9 Å². The zero-order valence-corrected chi connectivity index (χ0v) is 11.6. The number of amides is 1. The van der Waals surface area contributed by atoms with Crippen molar-refractivity contribution >= 4 is 5.91 Å². The first-order chi connectivity index (χ1) is 9.72. The molecule has 2 rings (SSSR count). The highest BCUT2D eigenvalue weighted by atomic mass is 19.1. The van der Waals surface area contributed by atoms with Gasteiger partial charge in [0, 0.05) is 25.2 Å². The molecule has 0 bridgehead atoms. The van der Waals surface area contributed by atoms with Crippen LogP contribution in [0, 0.1) is 5.82 Å². The van der Waals surface area contributed by atoms with Crippen molar-refractivity contribution in [2.24, 2.45) is 5.73 Å². The van der Waals surface area contributed by atoms with Gasteiger partial charge in [0.25, 0.3) is 5.91 Å². The Morgan fingerprint density at radius 2 is 1.95 bits per heavy atom. The minimum absolute atomic E-state index is 0.0425. The molecule has 0 radical (unpaired) electrons. The molecule has 1 saturated heterocycles. The van der Waals surface area contributed by atoms with E-state index in [1.54, 1.807) is 12.1 Å². The van der Waals surface area contributed by atoms with Gasteiger partial charge >= 0.3 is 0 Å². The lowest BCUT2D eigenvalue weighted by atomic mass is 10.2. The Hall–Kier alpha value is -1.62. The summed E-state index contributed by atoms with van der Waals surface area (Å²) in [5, 5.41) is 0. The fourth-order valence-electron chi connectivity index (χ4n) is 2.42. The number of nitrogens with two attached hydrogens (primary N) is 1. The maximum absolute atomic E-state index is 13.5. The van der Waals surface area contributed by atoms with Gasteiger partial charge in [0.1, 0.15) is 11.6 Å². The Bertz CT molecular complexity index is 457. The summed E-state index contributed by atoms with van der Waals surface area (Å²) in [5.74, 6) is -0.0815. The zero-order valence-electron chi connectivity index (χ0n) is 11.6. The number of carbonyl (C=O) groups is 1. The van der Waals surface area contributed by atoms with Crippen LogP contribution < -0.4 is 10.5 Å². The molecule has 1 amide bonds.